The van der Waals surface area contributed by atoms with E-state index >= 15 is 0 Å². The average molecular weight is 518 g/mol. The zero-order valence-corrected chi connectivity index (χ0v) is 21.6. The zero-order valence-electron chi connectivity index (χ0n) is 20.8. The van der Waals surface area contributed by atoms with Crippen molar-refractivity contribution in [3.05, 3.63) is 108 Å². The first kappa shape index (κ1) is 26.4. The highest BCUT2D eigenvalue weighted by atomic mass is 32.2. The molecule has 0 saturated carbocycles. The maximum absolute atomic E-state index is 12.3. The van der Waals surface area contributed by atoms with E-state index in [0.717, 1.165) is 16.7 Å². The Morgan fingerprint density at radius 2 is 1.43 bits per heavy atom. The average Bonchev–Trinajstić information content (AvgIpc) is 3.16. The maximum Gasteiger partial charge on any atom is 0.327 e. The Bertz CT molecular complexity index is 1200. The number of hydrogen-bond donors (Lipinski definition) is 3. The Kier molecular flexibility index (Phi) is 8.00. The molecule has 0 radical (unpaired) electrons. The summed E-state index contributed by atoms with van der Waals surface area (Å²) < 4.78 is -0.578. The Morgan fingerprint density at radius 1 is 0.946 bits per heavy atom. The van der Waals surface area contributed by atoms with Crippen LogP contribution in [0, 0.1) is 0 Å². The van der Waals surface area contributed by atoms with Crippen molar-refractivity contribution in [1.82, 2.24) is 10.2 Å². The molecule has 2 aliphatic rings. The first-order valence-electron chi connectivity index (χ1n) is 12.1. The summed E-state index contributed by atoms with van der Waals surface area (Å²) in [6.07, 6.45) is 0.202. The molecular formula is C29H31N3O4S. The SMILES string of the molecule is CC1(C)S[C@@H]2[C@H](NC(=O)Cc3ccccc3)C(=O)N2[C@H]1C(=O)O.NC(c1ccccc1)c1ccccc1. The molecule has 5 rings (SSSR count). The van der Waals surface area contributed by atoms with Crippen molar-refractivity contribution < 1.29 is 19.5 Å². The van der Waals surface area contributed by atoms with Crippen LogP contribution in [0.2, 0.25) is 0 Å². The molecule has 0 unspecified atom stereocenters. The molecule has 0 bridgehead atoms. The van der Waals surface area contributed by atoms with Gasteiger partial charge in [-0.05, 0) is 30.5 Å². The van der Waals surface area contributed by atoms with Gasteiger partial charge in [-0.25, -0.2) is 4.79 Å². The molecule has 3 atom stereocenters. The first-order valence-corrected chi connectivity index (χ1v) is 13.0. The summed E-state index contributed by atoms with van der Waals surface area (Å²) in [5, 5.41) is 11.8. The van der Waals surface area contributed by atoms with Gasteiger partial charge in [0.05, 0.1) is 12.5 Å². The molecule has 2 amide bonds. The summed E-state index contributed by atoms with van der Waals surface area (Å²) in [6, 6.07) is 28.0. The smallest absolute Gasteiger partial charge is 0.327 e. The molecule has 2 aliphatic heterocycles. The number of carboxylic acid groups (broad SMARTS) is 1. The number of carboxylic acids is 1. The number of β-lactam (4-membered cyclic amide) rings is 1. The van der Waals surface area contributed by atoms with Gasteiger partial charge in [0, 0.05) is 4.75 Å². The Balaban J connectivity index is 0.000000195. The minimum absolute atomic E-state index is 0.0163. The molecular weight excluding hydrogens is 486 g/mol. The number of nitrogens with two attached hydrogens (primary N) is 1. The van der Waals surface area contributed by atoms with Crippen LogP contribution in [0.4, 0.5) is 0 Å². The number of carbonyl (C=O) groups excluding carboxylic acids is 2. The molecule has 0 aromatic heterocycles. The minimum Gasteiger partial charge on any atom is -0.480 e. The van der Waals surface area contributed by atoms with Crippen molar-refractivity contribution in [3.63, 3.8) is 0 Å². The Hall–Kier alpha value is -3.62. The molecule has 8 heteroatoms. The lowest BCUT2D eigenvalue weighted by molar-refractivity contribution is -0.161. The van der Waals surface area contributed by atoms with Crippen LogP contribution in [0.25, 0.3) is 0 Å². The molecule has 4 N–H and O–H groups in total. The van der Waals surface area contributed by atoms with Crippen molar-refractivity contribution in [2.75, 3.05) is 0 Å². The third-order valence-electron chi connectivity index (χ3n) is 6.52. The van der Waals surface area contributed by atoms with Crippen LogP contribution in [0.5, 0.6) is 0 Å². The number of rotatable bonds is 6. The van der Waals surface area contributed by atoms with E-state index in [0.29, 0.717) is 0 Å². The lowest BCUT2D eigenvalue weighted by atomic mass is 9.96. The summed E-state index contributed by atoms with van der Waals surface area (Å²) in [5.41, 5.74) is 9.29. The van der Waals surface area contributed by atoms with Gasteiger partial charge in [0.25, 0.3) is 0 Å². The summed E-state index contributed by atoms with van der Waals surface area (Å²) in [7, 11) is 0. The maximum atomic E-state index is 12.3. The highest BCUT2D eigenvalue weighted by molar-refractivity contribution is 8.01. The minimum atomic E-state index is -1.01. The fourth-order valence-electron chi connectivity index (χ4n) is 4.66. The van der Waals surface area contributed by atoms with E-state index in [1.54, 1.807) is 0 Å². The zero-order chi connectivity index (χ0) is 26.6. The predicted molar refractivity (Wildman–Crippen MR) is 145 cm³/mol. The van der Waals surface area contributed by atoms with Crippen molar-refractivity contribution in [3.8, 4) is 0 Å². The second-order valence-electron chi connectivity index (χ2n) is 9.60. The largest absolute Gasteiger partial charge is 0.480 e. The van der Waals surface area contributed by atoms with Crippen molar-refractivity contribution >= 4 is 29.5 Å². The van der Waals surface area contributed by atoms with E-state index in [4.69, 9.17) is 5.73 Å². The number of hydrogen-bond acceptors (Lipinski definition) is 5. The van der Waals surface area contributed by atoms with Crippen molar-refractivity contribution in [1.29, 1.82) is 0 Å². The lowest BCUT2D eigenvalue weighted by Crippen LogP contribution is -2.70. The van der Waals surface area contributed by atoms with Crippen molar-refractivity contribution in [2.45, 2.75) is 48.5 Å². The highest BCUT2D eigenvalue weighted by Crippen LogP contribution is 2.50. The van der Waals surface area contributed by atoms with E-state index in [1.807, 2.05) is 80.6 Å². The van der Waals surface area contributed by atoms with Crippen molar-refractivity contribution in [2.24, 2.45) is 5.73 Å². The predicted octanol–water partition coefficient (Wildman–Crippen LogP) is 3.60. The van der Waals surface area contributed by atoms with E-state index in [-0.39, 0.29) is 29.7 Å². The van der Waals surface area contributed by atoms with Gasteiger partial charge >= 0.3 is 5.97 Å². The third-order valence-corrected chi connectivity index (χ3v) is 8.09. The fourth-order valence-corrected chi connectivity index (χ4v) is 6.29. The molecule has 2 fully saturated rings. The molecule has 2 saturated heterocycles. The molecule has 0 spiro atoms. The number of benzene rings is 3. The van der Waals surface area contributed by atoms with Crippen LogP contribution in [-0.4, -0.2) is 50.0 Å². The quantitative estimate of drug-likeness (QED) is 0.431. The topological polar surface area (TPSA) is 113 Å². The summed E-state index contributed by atoms with van der Waals surface area (Å²) in [6.45, 7) is 3.62. The van der Waals surface area contributed by atoms with E-state index < -0.39 is 22.8 Å². The number of aliphatic carboxylic acids is 1. The standard InChI is InChI=1S/C16H18N2O4S.C13H13N/c1-16(2)12(15(21)22)18-13(20)11(14(18)23-16)17-10(19)8-9-6-4-3-5-7-9;14-13(11-7-3-1-4-8-11)12-9-5-2-6-10-12/h3-7,11-12,14H,8H2,1-2H3,(H,17,19)(H,21,22);1-10,13H,14H2/t11-,12+,14-;/m1./s1. The van der Waals surface area contributed by atoms with Gasteiger partial charge in [-0.15, -0.1) is 11.8 Å². The summed E-state index contributed by atoms with van der Waals surface area (Å²) in [4.78, 5) is 37.2. The number of amides is 2. The second-order valence-corrected chi connectivity index (χ2v) is 11.4. The number of nitrogens with zero attached hydrogens (tertiary/aromatic N) is 1. The van der Waals surface area contributed by atoms with Gasteiger partial charge in [-0.3, -0.25) is 9.59 Å². The lowest BCUT2D eigenvalue weighted by Gasteiger charge is -2.43. The number of nitrogens with one attached hydrogen (secondary N) is 1. The van der Waals surface area contributed by atoms with Gasteiger partial charge in [0.2, 0.25) is 11.8 Å². The second kappa shape index (κ2) is 11.2. The van der Waals surface area contributed by atoms with Gasteiger partial charge in [-0.2, -0.15) is 0 Å². The third kappa shape index (κ3) is 5.87. The Morgan fingerprint density at radius 3 is 1.92 bits per heavy atom. The molecule has 3 aromatic rings. The molecule has 0 aliphatic carbocycles. The monoisotopic (exact) mass is 517 g/mol. The molecule has 3 aromatic carbocycles. The number of fused-ring (bicyclic) bond motifs is 1. The Labute approximate surface area is 221 Å². The summed E-state index contributed by atoms with van der Waals surface area (Å²) >= 11 is 1.42. The number of thioether (sulfide) groups is 1. The van der Waals surface area contributed by atoms with Gasteiger partial charge in [-0.1, -0.05) is 91.0 Å². The van der Waals surface area contributed by atoms with Crippen LogP contribution < -0.4 is 11.1 Å². The molecule has 2 heterocycles. The fraction of sp³-hybridized carbons (Fsp3) is 0.276. The highest BCUT2D eigenvalue weighted by Gasteiger charge is 2.64. The molecule has 37 heavy (non-hydrogen) atoms. The van der Waals surface area contributed by atoms with Crippen LogP contribution >= 0.6 is 11.8 Å². The van der Waals surface area contributed by atoms with Crippen LogP contribution in [0.3, 0.4) is 0 Å². The molecule has 192 valence electrons. The first-order chi connectivity index (χ1) is 17.7. The van der Waals surface area contributed by atoms with E-state index in [2.05, 4.69) is 29.6 Å². The van der Waals surface area contributed by atoms with Crippen LogP contribution in [0.15, 0.2) is 91.0 Å². The molecule has 7 nitrogen and oxygen atoms in total. The van der Waals surface area contributed by atoms with Gasteiger partial charge in [0.15, 0.2) is 0 Å². The van der Waals surface area contributed by atoms with Gasteiger partial charge in [0.1, 0.15) is 17.5 Å². The van der Waals surface area contributed by atoms with E-state index in [1.165, 1.54) is 16.7 Å². The normalized spacial score (nSPS) is 21.4. The van der Waals surface area contributed by atoms with Crippen LogP contribution in [0.1, 0.15) is 36.6 Å². The number of carbonyl (C=O) groups is 3. The van der Waals surface area contributed by atoms with E-state index in [9.17, 15) is 19.5 Å². The van der Waals surface area contributed by atoms with Crippen LogP contribution in [-0.2, 0) is 20.8 Å². The van der Waals surface area contributed by atoms with Gasteiger partial charge < -0.3 is 21.1 Å². The summed E-state index contributed by atoms with van der Waals surface area (Å²) in [5.74, 6) is -1.55.